The van der Waals surface area contributed by atoms with Crippen molar-refractivity contribution in [1.82, 2.24) is 20.6 Å². The van der Waals surface area contributed by atoms with E-state index in [-0.39, 0.29) is 6.10 Å². The molecule has 1 saturated heterocycles. The Hall–Kier alpha value is -1.17. The van der Waals surface area contributed by atoms with Crippen molar-refractivity contribution in [2.45, 2.75) is 25.5 Å². The number of hydrogen-bond acceptors (Lipinski definition) is 5. The number of aromatic amines is 1. The van der Waals surface area contributed by atoms with Gasteiger partial charge in [-0.15, -0.1) is 5.10 Å². The van der Waals surface area contributed by atoms with E-state index in [2.05, 4.69) is 27.5 Å². The highest BCUT2D eigenvalue weighted by molar-refractivity contribution is 5.27. The molecule has 1 aliphatic rings. The second kappa shape index (κ2) is 3.29. The van der Waals surface area contributed by atoms with E-state index < -0.39 is 0 Å². The van der Waals surface area contributed by atoms with Gasteiger partial charge in [-0.1, -0.05) is 5.10 Å². The number of hydrogen-bond donors (Lipinski definition) is 1. The quantitative estimate of drug-likeness (QED) is 0.688. The summed E-state index contributed by atoms with van der Waals surface area (Å²) in [5, 5.41) is 13.8. The highest BCUT2D eigenvalue weighted by Crippen LogP contribution is 2.20. The second-order valence-electron chi connectivity index (χ2n) is 3.25. The van der Waals surface area contributed by atoms with Gasteiger partial charge in [-0.2, -0.15) is 5.21 Å². The van der Waals surface area contributed by atoms with Gasteiger partial charge in [0, 0.05) is 13.7 Å². The van der Waals surface area contributed by atoms with Gasteiger partial charge >= 0.3 is 0 Å². The van der Waals surface area contributed by atoms with Crippen LogP contribution in [0.1, 0.15) is 13.3 Å². The minimum atomic E-state index is 0.239. The Kier molecular flexibility index (Phi) is 2.13. The van der Waals surface area contributed by atoms with Crippen LogP contribution >= 0.6 is 0 Å². The average molecular weight is 183 g/mol. The van der Waals surface area contributed by atoms with Crippen molar-refractivity contribution < 1.29 is 4.74 Å². The minimum absolute atomic E-state index is 0.239. The third kappa shape index (κ3) is 1.49. The maximum absolute atomic E-state index is 5.46. The zero-order valence-electron chi connectivity index (χ0n) is 7.77. The van der Waals surface area contributed by atoms with Crippen molar-refractivity contribution in [2.75, 3.05) is 18.6 Å². The van der Waals surface area contributed by atoms with Crippen LogP contribution in [-0.2, 0) is 4.74 Å². The van der Waals surface area contributed by atoms with E-state index in [0.29, 0.717) is 12.0 Å². The summed E-state index contributed by atoms with van der Waals surface area (Å²) in [6, 6.07) is 0.359. The van der Waals surface area contributed by atoms with E-state index >= 15 is 0 Å². The van der Waals surface area contributed by atoms with Crippen LogP contribution in [0.4, 0.5) is 5.95 Å². The van der Waals surface area contributed by atoms with E-state index in [4.69, 9.17) is 4.74 Å². The van der Waals surface area contributed by atoms with Crippen LogP contribution in [0.3, 0.4) is 0 Å². The lowest BCUT2D eigenvalue weighted by atomic mass is 10.1. The Balaban J connectivity index is 2.08. The molecule has 2 heterocycles. The molecule has 1 fully saturated rings. The molecule has 6 nitrogen and oxygen atoms in total. The highest BCUT2D eigenvalue weighted by atomic mass is 16.5. The molecule has 1 aliphatic heterocycles. The number of nitrogens with one attached hydrogen (secondary N) is 1. The Bertz CT molecular complexity index is 262. The molecule has 0 aliphatic carbocycles. The first-order valence-electron chi connectivity index (χ1n) is 4.37. The van der Waals surface area contributed by atoms with E-state index in [0.717, 1.165) is 13.0 Å². The summed E-state index contributed by atoms with van der Waals surface area (Å²) in [7, 11) is 1.96. The lowest BCUT2D eigenvalue weighted by Crippen LogP contribution is -2.37. The van der Waals surface area contributed by atoms with Crippen LogP contribution in [0.25, 0.3) is 0 Å². The van der Waals surface area contributed by atoms with Gasteiger partial charge in [0.2, 0.25) is 0 Å². The van der Waals surface area contributed by atoms with Crippen LogP contribution in [0.2, 0.25) is 0 Å². The van der Waals surface area contributed by atoms with Crippen molar-refractivity contribution in [2.24, 2.45) is 0 Å². The Labute approximate surface area is 76.3 Å². The normalized spacial score (nSPS) is 27.8. The lowest BCUT2D eigenvalue weighted by molar-refractivity contribution is 0.118. The highest BCUT2D eigenvalue weighted by Gasteiger charge is 2.29. The predicted molar refractivity (Wildman–Crippen MR) is 46.4 cm³/mol. The molecule has 6 heteroatoms. The number of nitrogens with zero attached hydrogens (tertiary/aromatic N) is 4. The van der Waals surface area contributed by atoms with Crippen LogP contribution in [-0.4, -0.2) is 46.4 Å². The molecule has 13 heavy (non-hydrogen) atoms. The predicted octanol–water partition coefficient (Wildman–Crippen LogP) is -0.187. The minimum Gasteiger partial charge on any atom is -0.376 e. The molecule has 0 amide bonds. The first-order chi connectivity index (χ1) is 6.29. The SMILES string of the molecule is CC1OCCC1N(C)c1nn[nH]n1. The zero-order chi connectivity index (χ0) is 9.26. The smallest absolute Gasteiger partial charge is 0.265 e. The molecule has 1 N–H and O–H groups in total. The summed E-state index contributed by atoms with van der Waals surface area (Å²) < 4.78 is 5.46. The van der Waals surface area contributed by atoms with Gasteiger partial charge in [0.1, 0.15) is 0 Å². The number of likely N-dealkylation sites (N-methyl/N-ethyl adjacent to an activating group) is 1. The Morgan fingerprint density at radius 2 is 2.46 bits per heavy atom. The number of rotatable bonds is 2. The second-order valence-corrected chi connectivity index (χ2v) is 3.25. The number of ether oxygens (including phenoxy) is 1. The van der Waals surface area contributed by atoms with Crippen molar-refractivity contribution in [3.63, 3.8) is 0 Å². The van der Waals surface area contributed by atoms with E-state index in [9.17, 15) is 0 Å². The van der Waals surface area contributed by atoms with Crippen LogP contribution < -0.4 is 4.90 Å². The third-order valence-electron chi connectivity index (χ3n) is 2.48. The summed E-state index contributed by atoms with van der Waals surface area (Å²) >= 11 is 0. The topological polar surface area (TPSA) is 66.9 Å². The monoisotopic (exact) mass is 183 g/mol. The maximum atomic E-state index is 5.46. The summed E-state index contributed by atoms with van der Waals surface area (Å²) in [6.07, 6.45) is 1.26. The fourth-order valence-electron chi connectivity index (χ4n) is 1.68. The number of anilines is 1. The molecule has 1 aromatic rings. The maximum Gasteiger partial charge on any atom is 0.265 e. The molecule has 2 unspecified atom stereocenters. The molecular formula is C7H13N5O. The molecular weight excluding hydrogens is 170 g/mol. The van der Waals surface area contributed by atoms with Crippen LogP contribution in [0.5, 0.6) is 0 Å². The summed E-state index contributed by atoms with van der Waals surface area (Å²) in [5.41, 5.74) is 0. The number of tetrazole rings is 1. The molecule has 72 valence electrons. The number of aromatic nitrogens is 4. The van der Waals surface area contributed by atoms with Crippen molar-refractivity contribution in [1.29, 1.82) is 0 Å². The summed E-state index contributed by atoms with van der Waals surface area (Å²) in [6.45, 7) is 2.88. The van der Waals surface area contributed by atoms with E-state index in [1.54, 1.807) is 0 Å². The summed E-state index contributed by atoms with van der Waals surface area (Å²) in [5.74, 6) is 0.627. The molecule has 0 radical (unpaired) electrons. The molecule has 0 saturated carbocycles. The van der Waals surface area contributed by atoms with Gasteiger partial charge in [0.05, 0.1) is 12.1 Å². The molecule has 0 bridgehead atoms. The lowest BCUT2D eigenvalue weighted by Gasteiger charge is -2.24. The molecule has 0 aromatic carbocycles. The molecule has 2 rings (SSSR count). The van der Waals surface area contributed by atoms with Crippen molar-refractivity contribution >= 4 is 5.95 Å². The first-order valence-corrected chi connectivity index (χ1v) is 4.37. The van der Waals surface area contributed by atoms with Gasteiger partial charge in [-0.25, -0.2) is 0 Å². The van der Waals surface area contributed by atoms with Gasteiger partial charge in [0.15, 0.2) is 0 Å². The Morgan fingerprint density at radius 1 is 1.62 bits per heavy atom. The fourth-order valence-corrected chi connectivity index (χ4v) is 1.68. The van der Waals surface area contributed by atoms with Crippen molar-refractivity contribution in [3.8, 4) is 0 Å². The Morgan fingerprint density at radius 3 is 3.00 bits per heavy atom. The largest absolute Gasteiger partial charge is 0.376 e. The zero-order valence-corrected chi connectivity index (χ0v) is 7.77. The molecule has 2 atom stereocenters. The van der Waals surface area contributed by atoms with E-state index in [1.165, 1.54) is 0 Å². The number of H-pyrrole nitrogens is 1. The van der Waals surface area contributed by atoms with Crippen LogP contribution in [0, 0.1) is 0 Å². The van der Waals surface area contributed by atoms with E-state index in [1.807, 2.05) is 11.9 Å². The average Bonchev–Trinajstić information content (AvgIpc) is 2.72. The van der Waals surface area contributed by atoms with Gasteiger partial charge < -0.3 is 9.64 Å². The molecule has 0 spiro atoms. The van der Waals surface area contributed by atoms with Gasteiger partial charge in [-0.05, 0) is 18.6 Å². The molecule has 1 aromatic heterocycles. The van der Waals surface area contributed by atoms with Crippen molar-refractivity contribution in [3.05, 3.63) is 0 Å². The standard InChI is InChI=1S/C7H13N5O/c1-5-6(3-4-13-5)12(2)7-8-10-11-9-7/h5-6H,3-4H2,1-2H3,(H,8,9,10,11). The van der Waals surface area contributed by atoms with Gasteiger partial charge in [0.25, 0.3) is 5.95 Å². The third-order valence-corrected chi connectivity index (χ3v) is 2.48. The van der Waals surface area contributed by atoms with Crippen LogP contribution in [0.15, 0.2) is 0 Å². The summed E-state index contributed by atoms with van der Waals surface area (Å²) in [4.78, 5) is 2.00. The fraction of sp³-hybridized carbons (Fsp3) is 0.857. The van der Waals surface area contributed by atoms with Gasteiger partial charge in [-0.3, -0.25) is 0 Å². The first kappa shape index (κ1) is 8.43.